The number of piperazine rings is 1. The van der Waals surface area contributed by atoms with Crippen LogP contribution < -0.4 is 5.32 Å². The molecule has 2 atom stereocenters. The van der Waals surface area contributed by atoms with E-state index in [9.17, 15) is 0 Å². The first kappa shape index (κ1) is 11.3. The van der Waals surface area contributed by atoms with Gasteiger partial charge in [-0.2, -0.15) is 0 Å². The predicted molar refractivity (Wildman–Crippen MR) is 101 cm³/mol. The Kier molecular flexibility index (Phi) is 2.91. The molecule has 3 heteroatoms. The molecular formula is C21H25ClN2. The summed E-state index contributed by atoms with van der Waals surface area (Å²) in [6, 6.07) is 4.75. The molecule has 0 unspecified atom stereocenters. The van der Waals surface area contributed by atoms with Gasteiger partial charge in [-0.15, -0.1) is 0 Å². The Morgan fingerprint density at radius 1 is 1.21 bits per heavy atom. The van der Waals surface area contributed by atoms with Gasteiger partial charge in [0.2, 0.25) is 0 Å². The van der Waals surface area contributed by atoms with Crippen LogP contribution in [0, 0.1) is 0 Å². The first-order valence-electron chi connectivity index (χ1n) is 11.0. The normalized spacial score (nSPS) is 29.2. The maximum atomic E-state index is 8.43. The van der Waals surface area contributed by atoms with Gasteiger partial charge in [0.25, 0.3) is 0 Å². The summed E-state index contributed by atoms with van der Waals surface area (Å²) < 4.78 is 40.9. The Hall–Kier alpha value is -1.35. The summed E-state index contributed by atoms with van der Waals surface area (Å²) in [5.74, 6) is -0.251. The van der Waals surface area contributed by atoms with Crippen molar-refractivity contribution in [2.45, 2.75) is 37.8 Å². The van der Waals surface area contributed by atoms with Gasteiger partial charge in [0.05, 0.1) is 6.85 Å². The number of rotatable bonds is 2. The van der Waals surface area contributed by atoms with Crippen molar-refractivity contribution in [2.24, 2.45) is 0 Å². The van der Waals surface area contributed by atoms with Gasteiger partial charge < -0.3 is 5.32 Å². The first-order chi connectivity index (χ1) is 13.6. The largest absolute Gasteiger partial charge is 0.309 e. The van der Waals surface area contributed by atoms with Crippen molar-refractivity contribution in [2.75, 3.05) is 19.6 Å². The summed E-state index contributed by atoms with van der Waals surface area (Å²) in [7, 11) is 0. The molecular weight excluding hydrogens is 316 g/mol. The summed E-state index contributed by atoms with van der Waals surface area (Å²) in [6.45, 7) is 7.02. The minimum Gasteiger partial charge on any atom is -0.309 e. The minimum atomic E-state index is -0.349. The van der Waals surface area contributed by atoms with Crippen molar-refractivity contribution >= 4 is 11.6 Å². The molecule has 4 rings (SSSR count). The van der Waals surface area contributed by atoms with Gasteiger partial charge in [-0.25, -0.2) is 0 Å². The van der Waals surface area contributed by atoms with Crippen LogP contribution in [-0.2, 0) is 0 Å². The zero-order valence-corrected chi connectivity index (χ0v) is 14.8. The molecule has 1 N–H and O–H groups in total. The molecule has 1 aliphatic carbocycles. The van der Waals surface area contributed by atoms with Crippen molar-refractivity contribution in [3.63, 3.8) is 0 Å². The van der Waals surface area contributed by atoms with E-state index in [-0.39, 0.29) is 47.7 Å². The lowest BCUT2D eigenvalue weighted by Gasteiger charge is -2.42. The molecule has 0 saturated carbocycles. The van der Waals surface area contributed by atoms with E-state index in [4.69, 9.17) is 18.5 Å². The van der Waals surface area contributed by atoms with Crippen LogP contribution in [0.15, 0.2) is 48.4 Å². The molecule has 1 aliphatic heterocycles. The lowest BCUT2D eigenvalue weighted by atomic mass is 9.93. The molecule has 2 aromatic carbocycles. The number of nitrogens with zero attached hydrogens (tertiary/aromatic N) is 1. The maximum Gasteiger partial charge on any atom is 0.0626 e. The van der Waals surface area contributed by atoms with Gasteiger partial charge >= 0.3 is 0 Å². The molecule has 0 amide bonds. The Bertz CT molecular complexity index is 949. The minimum absolute atomic E-state index is 0.00813. The van der Waals surface area contributed by atoms with Crippen LogP contribution in [0.1, 0.15) is 55.8 Å². The molecule has 2 aromatic rings. The molecule has 2 aliphatic rings. The van der Waals surface area contributed by atoms with Crippen molar-refractivity contribution in [3.8, 4) is 0 Å². The number of benzene rings is 2. The molecule has 0 radical (unpaired) electrons. The zero-order valence-electron chi connectivity index (χ0n) is 19.0. The highest BCUT2D eigenvalue weighted by atomic mass is 35.5. The van der Waals surface area contributed by atoms with Gasteiger partial charge in [0, 0.05) is 42.2 Å². The van der Waals surface area contributed by atoms with E-state index in [1.54, 1.807) is 0 Å². The quantitative estimate of drug-likeness (QED) is 0.855. The molecule has 1 heterocycles. The van der Waals surface area contributed by atoms with Crippen molar-refractivity contribution < 1.29 is 6.85 Å². The van der Waals surface area contributed by atoms with Crippen molar-refractivity contribution in [1.29, 1.82) is 0 Å². The highest BCUT2D eigenvalue weighted by Gasteiger charge is 2.38. The molecule has 126 valence electrons. The van der Waals surface area contributed by atoms with Crippen LogP contribution in [0.2, 0.25) is 5.02 Å². The third-order valence-corrected chi connectivity index (χ3v) is 5.39. The number of halogens is 1. The lowest BCUT2D eigenvalue weighted by Crippen LogP contribution is -2.57. The second-order valence-corrected chi connectivity index (χ2v) is 7.83. The van der Waals surface area contributed by atoms with E-state index in [2.05, 4.69) is 24.1 Å². The van der Waals surface area contributed by atoms with E-state index in [1.165, 1.54) is 0 Å². The van der Waals surface area contributed by atoms with E-state index < -0.39 is 0 Å². The van der Waals surface area contributed by atoms with Gasteiger partial charge in [-0.05, 0) is 49.1 Å². The number of hydrogen-bond donors (Lipinski definition) is 1. The topological polar surface area (TPSA) is 15.3 Å². The SMILES string of the molecule is [2H]c1c([2H])c([2H])c([C@H]2C[C@H](N3CCNC(C)(C)C3)c3cc(Cl)ccc32)c([2H])c1[2H]. The van der Waals surface area contributed by atoms with Gasteiger partial charge in [-0.3, -0.25) is 4.90 Å². The van der Waals surface area contributed by atoms with Crippen LogP contribution in [0.5, 0.6) is 0 Å². The van der Waals surface area contributed by atoms with E-state index in [0.717, 1.165) is 30.8 Å². The molecule has 0 bridgehead atoms. The molecule has 0 aromatic heterocycles. The average Bonchev–Trinajstić information content (AvgIpc) is 3.02. The standard InChI is InChI=1S/C21H25ClN2/c1-21(2)14-24(11-10-23-21)20-13-18(15-6-4-3-5-7-15)17-9-8-16(22)12-19(17)20/h3-9,12,18,20,23H,10-11,13-14H2,1-2H3/t18-,20+/m1/s1/i3D,4D,5D,6D,7D. The van der Waals surface area contributed by atoms with Crippen LogP contribution >= 0.6 is 11.6 Å². The summed E-state index contributed by atoms with van der Waals surface area (Å²) in [4.78, 5) is 2.43. The summed E-state index contributed by atoms with van der Waals surface area (Å²) in [5.41, 5.74) is 2.49. The smallest absolute Gasteiger partial charge is 0.0626 e. The fraction of sp³-hybridized carbons (Fsp3) is 0.429. The first-order valence-corrected chi connectivity index (χ1v) is 8.84. The summed E-state index contributed by atoms with van der Waals surface area (Å²) >= 11 is 6.32. The average molecular weight is 346 g/mol. The molecule has 1 fully saturated rings. The van der Waals surface area contributed by atoms with Crippen molar-refractivity contribution in [1.82, 2.24) is 10.2 Å². The number of fused-ring (bicyclic) bond motifs is 1. The second-order valence-electron chi connectivity index (χ2n) is 7.40. The maximum absolute atomic E-state index is 8.43. The van der Waals surface area contributed by atoms with Crippen LogP contribution in [0.4, 0.5) is 0 Å². The monoisotopic (exact) mass is 345 g/mol. The Morgan fingerprint density at radius 3 is 2.75 bits per heavy atom. The number of nitrogens with one attached hydrogen (secondary N) is 1. The molecule has 2 nitrogen and oxygen atoms in total. The highest BCUT2D eigenvalue weighted by molar-refractivity contribution is 6.30. The molecule has 1 saturated heterocycles. The molecule has 24 heavy (non-hydrogen) atoms. The van der Waals surface area contributed by atoms with Gasteiger partial charge in [-0.1, -0.05) is 47.9 Å². The summed E-state index contributed by atoms with van der Waals surface area (Å²) in [5, 5.41) is 4.19. The Balaban J connectivity index is 1.82. The van der Waals surface area contributed by atoms with Gasteiger partial charge in [0.1, 0.15) is 0 Å². The Labute approximate surface area is 156 Å². The number of hydrogen-bond acceptors (Lipinski definition) is 2. The van der Waals surface area contributed by atoms with Crippen LogP contribution in [0.3, 0.4) is 0 Å². The van der Waals surface area contributed by atoms with Gasteiger partial charge in [0.15, 0.2) is 0 Å². The van der Waals surface area contributed by atoms with Crippen LogP contribution in [-0.4, -0.2) is 30.1 Å². The molecule has 0 spiro atoms. The highest BCUT2D eigenvalue weighted by Crippen LogP contribution is 2.47. The van der Waals surface area contributed by atoms with Crippen LogP contribution in [0.25, 0.3) is 0 Å². The fourth-order valence-electron chi connectivity index (χ4n) is 4.13. The zero-order chi connectivity index (χ0) is 21.1. The van der Waals surface area contributed by atoms with E-state index in [0.29, 0.717) is 17.0 Å². The second kappa shape index (κ2) is 6.18. The fourth-order valence-corrected chi connectivity index (χ4v) is 4.31. The summed E-state index contributed by atoms with van der Waals surface area (Å²) in [6.07, 6.45) is 0.680. The van der Waals surface area contributed by atoms with Crippen molar-refractivity contribution in [3.05, 3.63) is 70.1 Å². The third-order valence-electron chi connectivity index (χ3n) is 5.15. The predicted octanol–water partition coefficient (Wildman–Crippen LogP) is 4.60. The Morgan fingerprint density at radius 2 is 2.00 bits per heavy atom. The lowest BCUT2D eigenvalue weighted by molar-refractivity contribution is 0.107. The van der Waals surface area contributed by atoms with E-state index in [1.807, 2.05) is 18.2 Å². The van der Waals surface area contributed by atoms with E-state index >= 15 is 0 Å². The third kappa shape index (κ3) is 2.99.